The summed E-state index contributed by atoms with van der Waals surface area (Å²) in [5, 5.41) is 0.0579. The summed E-state index contributed by atoms with van der Waals surface area (Å²) in [6, 6.07) is 6.11. The monoisotopic (exact) mass is 359 g/mol. The number of benzene rings is 1. The third-order valence-corrected chi connectivity index (χ3v) is 6.87. The Morgan fingerprint density at radius 2 is 2.04 bits per heavy atom. The first kappa shape index (κ1) is 16.5. The Balaban J connectivity index is 1.82. The lowest BCUT2D eigenvalue weighted by molar-refractivity contribution is 0.413. The molecule has 1 aromatic carbocycles. The van der Waals surface area contributed by atoms with Gasteiger partial charge in [0.1, 0.15) is 22.3 Å². The molecule has 23 heavy (non-hydrogen) atoms. The first-order chi connectivity index (χ1) is 11.0. The maximum atomic E-state index is 13.8. The molecule has 0 bridgehead atoms. The van der Waals surface area contributed by atoms with E-state index in [2.05, 4.69) is 0 Å². The Morgan fingerprint density at radius 1 is 1.22 bits per heavy atom. The second-order valence-electron chi connectivity index (χ2n) is 5.14. The van der Waals surface area contributed by atoms with Crippen molar-refractivity contribution in [1.29, 1.82) is 0 Å². The van der Waals surface area contributed by atoms with Crippen LogP contribution in [0.25, 0.3) is 0 Å². The second-order valence-corrected chi connectivity index (χ2v) is 8.36. The molecule has 0 saturated carbocycles. The van der Waals surface area contributed by atoms with Gasteiger partial charge in [0.25, 0.3) is 0 Å². The number of hydrogen-bond donors (Lipinski definition) is 0. The summed E-state index contributed by atoms with van der Waals surface area (Å²) in [6.07, 6.45) is 2.13. The largest absolute Gasteiger partial charge is 0.468 e. The van der Waals surface area contributed by atoms with Crippen LogP contribution in [-0.4, -0.2) is 31.6 Å². The number of sulfonamides is 1. The van der Waals surface area contributed by atoms with E-state index in [4.69, 9.17) is 4.42 Å². The average molecular weight is 359 g/mol. The zero-order valence-electron chi connectivity index (χ0n) is 12.1. The SMILES string of the molecule is O=S(=O)(c1cc(F)ccc1F)N1CCSC(c2ccco2)CC1. The zero-order valence-corrected chi connectivity index (χ0v) is 13.7. The molecule has 0 spiro atoms. The third-order valence-electron chi connectivity index (χ3n) is 3.67. The molecule has 0 amide bonds. The highest BCUT2D eigenvalue weighted by atomic mass is 32.2. The van der Waals surface area contributed by atoms with Crippen molar-refractivity contribution in [3.05, 3.63) is 54.0 Å². The summed E-state index contributed by atoms with van der Waals surface area (Å²) in [7, 11) is -4.06. The van der Waals surface area contributed by atoms with Crippen molar-refractivity contribution in [3.63, 3.8) is 0 Å². The van der Waals surface area contributed by atoms with Gasteiger partial charge in [-0.25, -0.2) is 17.2 Å². The van der Waals surface area contributed by atoms with E-state index in [0.29, 0.717) is 12.2 Å². The molecule has 0 aliphatic carbocycles. The van der Waals surface area contributed by atoms with Crippen LogP contribution >= 0.6 is 11.8 Å². The van der Waals surface area contributed by atoms with Crippen molar-refractivity contribution < 1.29 is 21.6 Å². The van der Waals surface area contributed by atoms with Crippen molar-refractivity contribution in [2.75, 3.05) is 18.8 Å². The van der Waals surface area contributed by atoms with E-state index in [9.17, 15) is 17.2 Å². The molecule has 1 aliphatic heterocycles. The zero-order chi connectivity index (χ0) is 16.4. The molecule has 0 N–H and O–H groups in total. The molecule has 1 fully saturated rings. The van der Waals surface area contributed by atoms with Crippen molar-refractivity contribution in [2.45, 2.75) is 16.6 Å². The molecular weight excluding hydrogens is 344 g/mol. The lowest BCUT2D eigenvalue weighted by Gasteiger charge is -2.20. The van der Waals surface area contributed by atoms with Gasteiger partial charge in [0, 0.05) is 18.8 Å². The fourth-order valence-corrected chi connectivity index (χ4v) is 5.33. The summed E-state index contributed by atoms with van der Waals surface area (Å²) in [5.41, 5.74) is 0. The third kappa shape index (κ3) is 3.44. The first-order valence-electron chi connectivity index (χ1n) is 7.08. The molecule has 1 atom stereocenters. The number of rotatable bonds is 3. The Hall–Kier alpha value is -1.38. The maximum Gasteiger partial charge on any atom is 0.246 e. The van der Waals surface area contributed by atoms with Crippen LogP contribution in [0.1, 0.15) is 17.4 Å². The van der Waals surface area contributed by atoms with Crippen LogP contribution in [-0.2, 0) is 10.0 Å². The first-order valence-corrected chi connectivity index (χ1v) is 9.57. The summed E-state index contributed by atoms with van der Waals surface area (Å²) < 4.78 is 58.9. The van der Waals surface area contributed by atoms with Crippen LogP contribution in [0.5, 0.6) is 0 Å². The van der Waals surface area contributed by atoms with E-state index in [1.807, 2.05) is 6.07 Å². The molecule has 1 unspecified atom stereocenters. The smallest absolute Gasteiger partial charge is 0.246 e. The number of halogens is 2. The molecule has 2 heterocycles. The van der Waals surface area contributed by atoms with Gasteiger partial charge in [-0.05, 0) is 36.8 Å². The van der Waals surface area contributed by atoms with Crippen LogP contribution in [0.3, 0.4) is 0 Å². The second kappa shape index (κ2) is 6.62. The number of furan rings is 1. The Labute approximate surface area is 137 Å². The quantitative estimate of drug-likeness (QED) is 0.843. The highest BCUT2D eigenvalue weighted by Gasteiger charge is 2.31. The molecular formula is C15H15F2NO3S2. The fourth-order valence-electron chi connectivity index (χ4n) is 2.51. The van der Waals surface area contributed by atoms with E-state index >= 15 is 0 Å². The van der Waals surface area contributed by atoms with Crippen molar-refractivity contribution >= 4 is 21.8 Å². The van der Waals surface area contributed by atoms with Gasteiger partial charge in [0.05, 0.1) is 11.5 Å². The molecule has 2 aromatic rings. The number of thioether (sulfide) groups is 1. The number of nitrogens with zero attached hydrogens (tertiary/aromatic N) is 1. The van der Waals surface area contributed by atoms with Gasteiger partial charge in [-0.1, -0.05) is 0 Å². The topological polar surface area (TPSA) is 50.5 Å². The van der Waals surface area contributed by atoms with Crippen LogP contribution in [0.4, 0.5) is 8.78 Å². The average Bonchev–Trinajstić information content (AvgIpc) is 2.93. The Morgan fingerprint density at radius 3 is 2.78 bits per heavy atom. The molecule has 0 radical (unpaired) electrons. The van der Waals surface area contributed by atoms with Gasteiger partial charge >= 0.3 is 0 Å². The van der Waals surface area contributed by atoms with Crippen LogP contribution < -0.4 is 0 Å². The van der Waals surface area contributed by atoms with E-state index in [1.54, 1.807) is 24.1 Å². The van der Waals surface area contributed by atoms with Crippen LogP contribution in [0, 0.1) is 11.6 Å². The molecule has 1 aromatic heterocycles. The van der Waals surface area contributed by atoms with E-state index < -0.39 is 26.6 Å². The van der Waals surface area contributed by atoms with Crippen LogP contribution in [0.2, 0.25) is 0 Å². The normalized spacial score (nSPS) is 20.3. The van der Waals surface area contributed by atoms with E-state index in [1.165, 1.54) is 4.31 Å². The minimum atomic E-state index is -4.06. The minimum Gasteiger partial charge on any atom is -0.468 e. The maximum absolute atomic E-state index is 13.8. The van der Waals surface area contributed by atoms with Crippen LogP contribution in [0.15, 0.2) is 45.9 Å². The predicted molar refractivity (Wildman–Crippen MR) is 83.6 cm³/mol. The highest BCUT2D eigenvalue weighted by Crippen LogP contribution is 2.36. The highest BCUT2D eigenvalue weighted by molar-refractivity contribution is 7.99. The van der Waals surface area contributed by atoms with Gasteiger partial charge in [-0.15, -0.1) is 11.8 Å². The fraction of sp³-hybridized carbons (Fsp3) is 0.333. The Bertz CT molecular complexity index is 778. The standard InChI is InChI=1S/C15H15F2NO3S2/c16-11-3-4-12(17)15(10-11)23(19,20)18-6-5-14(22-9-7-18)13-2-1-8-21-13/h1-4,8,10,14H,5-7,9H2. The van der Waals surface area contributed by atoms with Gasteiger partial charge in [0.2, 0.25) is 10.0 Å². The summed E-state index contributed by atoms with van der Waals surface area (Å²) in [5.74, 6) is -0.360. The molecule has 8 heteroatoms. The van der Waals surface area contributed by atoms with Crippen molar-refractivity contribution in [3.8, 4) is 0 Å². The number of hydrogen-bond acceptors (Lipinski definition) is 4. The van der Waals surface area contributed by atoms with Crippen molar-refractivity contribution in [1.82, 2.24) is 4.31 Å². The lowest BCUT2D eigenvalue weighted by atomic mass is 10.2. The predicted octanol–water partition coefficient (Wildman–Crippen LogP) is 3.43. The van der Waals surface area contributed by atoms with E-state index in [-0.39, 0.29) is 18.3 Å². The van der Waals surface area contributed by atoms with Gasteiger partial charge in [0.15, 0.2) is 0 Å². The van der Waals surface area contributed by atoms with Gasteiger partial charge in [-0.2, -0.15) is 4.31 Å². The molecule has 1 saturated heterocycles. The lowest BCUT2D eigenvalue weighted by Crippen LogP contribution is -2.33. The summed E-state index contributed by atoms with van der Waals surface area (Å²) in [6.45, 7) is 0.483. The van der Waals surface area contributed by atoms with Gasteiger partial charge < -0.3 is 4.42 Å². The summed E-state index contributed by atoms with van der Waals surface area (Å²) in [4.78, 5) is -0.612. The Kier molecular flexibility index (Phi) is 4.74. The van der Waals surface area contributed by atoms with Crippen molar-refractivity contribution in [2.24, 2.45) is 0 Å². The summed E-state index contributed by atoms with van der Waals surface area (Å²) >= 11 is 1.60. The molecule has 1 aliphatic rings. The van der Waals surface area contributed by atoms with E-state index in [0.717, 1.165) is 24.0 Å². The molecule has 4 nitrogen and oxygen atoms in total. The minimum absolute atomic E-state index is 0.0579. The molecule has 3 rings (SSSR count). The van der Waals surface area contributed by atoms with Gasteiger partial charge in [-0.3, -0.25) is 0 Å². The molecule has 124 valence electrons.